The average molecular weight is 484 g/mol. The van der Waals surface area contributed by atoms with Gasteiger partial charge in [-0.1, -0.05) is 60.3 Å². The first-order chi connectivity index (χ1) is 16.3. The summed E-state index contributed by atoms with van der Waals surface area (Å²) in [4.78, 5) is 31.6. The molecule has 9 heteroatoms. The van der Waals surface area contributed by atoms with Crippen LogP contribution in [0, 0.1) is 0 Å². The number of nitrogens with one attached hydrogen (secondary N) is 1. The van der Waals surface area contributed by atoms with Crippen molar-refractivity contribution in [3.8, 4) is 0 Å². The lowest BCUT2D eigenvalue weighted by atomic mass is 10.2. The molecule has 0 spiro atoms. The summed E-state index contributed by atoms with van der Waals surface area (Å²) in [7, 11) is 0. The molecule has 1 aliphatic rings. The second-order valence-electron chi connectivity index (χ2n) is 7.57. The van der Waals surface area contributed by atoms with Crippen LogP contribution in [0.1, 0.15) is 17.5 Å². The highest BCUT2D eigenvalue weighted by molar-refractivity contribution is 8.15. The molecular formula is C25H20F3N3O2S. The number of thioether (sulfide) groups is 1. The molecule has 0 unspecified atom stereocenters. The molecule has 1 saturated heterocycles. The number of carbonyl (C=O) groups excluding carboxylic acids is 2. The molecule has 0 radical (unpaired) electrons. The van der Waals surface area contributed by atoms with Gasteiger partial charge in [-0.25, -0.2) is 4.99 Å². The number of alkyl halides is 3. The summed E-state index contributed by atoms with van der Waals surface area (Å²) >= 11 is 1.13. The third-order valence-corrected chi connectivity index (χ3v) is 6.23. The second-order valence-corrected chi connectivity index (χ2v) is 8.74. The monoisotopic (exact) mass is 483 g/mol. The Bertz CT molecular complexity index is 1180. The Balaban J connectivity index is 1.55. The number of amidine groups is 1. The van der Waals surface area contributed by atoms with Crippen molar-refractivity contribution < 1.29 is 22.8 Å². The zero-order valence-electron chi connectivity index (χ0n) is 17.8. The van der Waals surface area contributed by atoms with Crippen molar-refractivity contribution in [2.75, 3.05) is 5.32 Å². The maximum Gasteiger partial charge on any atom is 0.416 e. The van der Waals surface area contributed by atoms with Crippen LogP contribution in [-0.4, -0.2) is 27.1 Å². The van der Waals surface area contributed by atoms with E-state index in [0.29, 0.717) is 10.9 Å². The zero-order valence-corrected chi connectivity index (χ0v) is 18.6. The third kappa shape index (κ3) is 5.85. The maximum atomic E-state index is 13.2. The van der Waals surface area contributed by atoms with Crippen molar-refractivity contribution in [3.05, 3.63) is 96.1 Å². The quantitative estimate of drug-likeness (QED) is 0.477. The molecule has 5 nitrogen and oxygen atoms in total. The van der Waals surface area contributed by atoms with Crippen LogP contribution in [-0.2, 0) is 22.3 Å². The number of amides is 2. The van der Waals surface area contributed by atoms with E-state index in [-0.39, 0.29) is 30.5 Å². The molecule has 3 aromatic rings. The zero-order chi connectivity index (χ0) is 24.1. The summed E-state index contributed by atoms with van der Waals surface area (Å²) in [5.41, 5.74) is 1.01. The van der Waals surface area contributed by atoms with Crippen molar-refractivity contribution in [2.24, 2.45) is 4.99 Å². The van der Waals surface area contributed by atoms with Crippen molar-refractivity contribution in [3.63, 3.8) is 0 Å². The predicted molar refractivity (Wildman–Crippen MR) is 127 cm³/mol. The number of halogens is 3. The minimum absolute atomic E-state index is 0.0598. The fourth-order valence-electron chi connectivity index (χ4n) is 3.37. The van der Waals surface area contributed by atoms with Gasteiger partial charge in [0.05, 0.1) is 17.8 Å². The SMILES string of the molecule is O=C(C[C@@H]1SC(=Nc2ccc(C(F)(F)F)cc2)N(Cc2ccccc2)C1=O)Nc1ccccc1. The Morgan fingerprint density at radius 1 is 0.941 bits per heavy atom. The minimum Gasteiger partial charge on any atom is -0.326 e. The summed E-state index contributed by atoms with van der Waals surface area (Å²) in [6.07, 6.45) is -4.50. The van der Waals surface area contributed by atoms with Gasteiger partial charge in [-0.05, 0) is 42.0 Å². The predicted octanol–water partition coefficient (Wildman–Crippen LogP) is 5.87. The van der Waals surface area contributed by atoms with Crippen LogP contribution in [0.4, 0.5) is 24.5 Å². The first-order valence-corrected chi connectivity index (χ1v) is 11.3. The molecule has 0 aliphatic carbocycles. The molecule has 0 aromatic heterocycles. The Kier molecular flexibility index (Phi) is 7.02. The second kappa shape index (κ2) is 10.1. The highest BCUT2D eigenvalue weighted by atomic mass is 32.2. The number of para-hydroxylation sites is 1. The lowest BCUT2D eigenvalue weighted by Crippen LogP contribution is -2.33. The van der Waals surface area contributed by atoms with Crippen LogP contribution in [0.2, 0.25) is 0 Å². The molecule has 1 aliphatic heterocycles. The van der Waals surface area contributed by atoms with Crippen LogP contribution >= 0.6 is 11.8 Å². The number of benzene rings is 3. The topological polar surface area (TPSA) is 61.8 Å². The summed E-state index contributed by atoms with van der Waals surface area (Å²) in [5.74, 6) is -0.588. The fraction of sp³-hybridized carbons (Fsp3) is 0.160. The first kappa shape index (κ1) is 23.6. The Labute approximate surface area is 198 Å². The smallest absolute Gasteiger partial charge is 0.326 e. The summed E-state index contributed by atoms with van der Waals surface area (Å²) in [6.45, 7) is 0.239. The first-order valence-electron chi connectivity index (χ1n) is 10.4. The van der Waals surface area contributed by atoms with Gasteiger partial charge in [0.25, 0.3) is 0 Å². The molecule has 1 atom stereocenters. The molecule has 1 N–H and O–H groups in total. The normalized spacial score (nSPS) is 17.3. The third-order valence-electron chi connectivity index (χ3n) is 5.05. The number of nitrogens with zero attached hydrogens (tertiary/aromatic N) is 2. The van der Waals surface area contributed by atoms with Gasteiger partial charge in [-0.15, -0.1) is 0 Å². The number of rotatable bonds is 6. The van der Waals surface area contributed by atoms with Crippen molar-refractivity contribution in [2.45, 2.75) is 24.4 Å². The molecule has 3 aromatic carbocycles. The van der Waals surface area contributed by atoms with Crippen LogP contribution in [0.5, 0.6) is 0 Å². The van der Waals surface area contributed by atoms with E-state index in [9.17, 15) is 22.8 Å². The molecule has 4 rings (SSSR count). The number of anilines is 1. The van der Waals surface area contributed by atoms with Crippen LogP contribution in [0.15, 0.2) is 89.9 Å². The fourth-order valence-corrected chi connectivity index (χ4v) is 4.53. The van der Waals surface area contributed by atoms with E-state index in [2.05, 4.69) is 10.3 Å². The van der Waals surface area contributed by atoms with E-state index in [4.69, 9.17) is 0 Å². The highest BCUT2D eigenvalue weighted by Gasteiger charge is 2.39. The van der Waals surface area contributed by atoms with Gasteiger partial charge >= 0.3 is 6.18 Å². The van der Waals surface area contributed by atoms with E-state index in [1.54, 1.807) is 24.3 Å². The van der Waals surface area contributed by atoms with E-state index in [1.165, 1.54) is 17.0 Å². The van der Waals surface area contributed by atoms with Gasteiger partial charge in [0.15, 0.2) is 5.17 Å². The highest BCUT2D eigenvalue weighted by Crippen LogP contribution is 2.34. The summed E-state index contributed by atoms with van der Waals surface area (Å²) in [6, 6.07) is 22.6. The van der Waals surface area contributed by atoms with Gasteiger partial charge in [0.1, 0.15) is 5.25 Å². The Morgan fingerprint density at radius 2 is 1.56 bits per heavy atom. The Hall–Kier alpha value is -3.59. The molecule has 1 heterocycles. The van der Waals surface area contributed by atoms with Crippen molar-refractivity contribution in [1.29, 1.82) is 0 Å². The van der Waals surface area contributed by atoms with Crippen LogP contribution in [0.3, 0.4) is 0 Å². The van der Waals surface area contributed by atoms with E-state index < -0.39 is 17.0 Å². The average Bonchev–Trinajstić information content (AvgIpc) is 3.09. The molecule has 1 fully saturated rings. The Morgan fingerprint density at radius 3 is 2.18 bits per heavy atom. The molecule has 0 bridgehead atoms. The number of hydrogen-bond donors (Lipinski definition) is 1. The maximum absolute atomic E-state index is 13.2. The van der Waals surface area contributed by atoms with Gasteiger partial charge in [0, 0.05) is 12.1 Å². The van der Waals surface area contributed by atoms with Gasteiger partial charge in [0.2, 0.25) is 11.8 Å². The van der Waals surface area contributed by atoms with Crippen molar-refractivity contribution in [1.82, 2.24) is 4.90 Å². The summed E-state index contributed by atoms with van der Waals surface area (Å²) < 4.78 is 38.6. The van der Waals surface area contributed by atoms with Crippen LogP contribution in [0.25, 0.3) is 0 Å². The van der Waals surface area contributed by atoms with Crippen molar-refractivity contribution >= 4 is 40.1 Å². The molecular weight excluding hydrogens is 463 g/mol. The molecule has 0 saturated carbocycles. The molecule has 2 amide bonds. The van der Waals surface area contributed by atoms with E-state index >= 15 is 0 Å². The van der Waals surface area contributed by atoms with E-state index in [1.807, 2.05) is 36.4 Å². The van der Waals surface area contributed by atoms with Crippen LogP contribution < -0.4 is 5.32 Å². The number of aliphatic imine (C=N–C) groups is 1. The summed E-state index contributed by atoms with van der Waals surface area (Å²) in [5, 5.41) is 2.41. The van der Waals surface area contributed by atoms with Gasteiger partial charge in [-0.2, -0.15) is 13.2 Å². The largest absolute Gasteiger partial charge is 0.416 e. The standard InChI is InChI=1S/C25H20F3N3O2S/c26-25(27,28)18-11-13-20(14-12-18)30-24-31(16-17-7-3-1-4-8-17)23(33)21(34-24)15-22(32)29-19-9-5-2-6-10-19/h1-14,21H,15-16H2,(H,29,32)/t21-/m0/s1. The van der Waals surface area contributed by atoms with E-state index in [0.717, 1.165) is 29.5 Å². The lowest BCUT2D eigenvalue weighted by molar-refractivity contribution is -0.137. The minimum atomic E-state index is -4.44. The number of carbonyl (C=O) groups is 2. The van der Waals surface area contributed by atoms with Gasteiger partial charge < -0.3 is 5.32 Å². The number of hydrogen-bond acceptors (Lipinski definition) is 4. The molecule has 174 valence electrons. The molecule has 34 heavy (non-hydrogen) atoms. The van der Waals surface area contributed by atoms with Gasteiger partial charge in [-0.3, -0.25) is 14.5 Å². The lowest BCUT2D eigenvalue weighted by Gasteiger charge is -2.16.